The van der Waals surface area contributed by atoms with E-state index in [9.17, 15) is 0 Å². The number of ether oxygens (including phenoxy) is 1. The van der Waals surface area contributed by atoms with E-state index in [1.54, 1.807) is 6.92 Å². The molecule has 1 N–H and O–H groups in total. The fourth-order valence-electron chi connectivity index (χ4n) is 1.47. The Morgan fingerprint density at radius 2 is 2.17 bits per heavy atom. The number of aromatic nitrogens is 1. The number of oxazole rings is 1. The summed E-state index contributed by atoms with van der Waals surface area (Å²) >= 11 is 0. The van der Waals surface area contributed by atoms with Gasteiger partial charge in [0.1, 0.15) is 18.4 Å². The summed E-state index contributed by atoms with van der Waals surface area (Å²) in [6.07, 6.45) is 0. The molecule has 5 nitrogen and oxygen atoms in total. The summed E-state index contributed by atoms with van der Waals surface area (Å²) < 4.78 is 10.8. The van der Waals surface area contributed by atoms with Gasteiger partial charge in [-0.2, -0.15) is 5.26 Å². The van der Waals surface area contributed by atoms with Gasteiger partial charge in [0, 0.05) is 6.92 Å². The van der Waals surface area contributed by atoms with Crippen LogP contribution in [-0.4, -0.2) is 18.1 Å². The number of aryl methyl sites for hydroxylation is 1. The van der Waals surface area contributed by atoms with Crippen LogP contribution in [-0.2, 0) is 0 Å². The fourth-order valence-corrected chi connectivity index (χ4v) is 1.47. The Morgan fingerprint density at radius 1 is 1.39 bits per heavy atom. The zero-order valence-electron chi connectivity index (χ0n) is 10.0. The average molecular weight is 243 g/mol. The first-order chi connectivity index (χ1) is 8.79. The predicted molar refractivity (Wildman–Crippen MR) is 66.4 cm³/mol. The molecule has 0 aliphatic carbocycles. The van der Waals surface area contributed by atoms with Crippen LogP contribution in [0.4, 0.5) is 5.88 Å². The smallest absolute Gasteiger partial charge is 0.232 e. The van der Waals surface area contributed by atoms with Crippen molar-refractivity contribution in [1.82, 2.24) is 4.98 Å². The van der Waals surface area contributed by atoms with Gasteiger partial charge in [-0.25, -0.2) is 4.98 Å². The van der Waals surface area contributed by atoms with E-state index in [1.165, 1.54) is 0 Å². The molecule has 0 saturated carbocycles. The van der Waals surface area contributed by atoms with E-state index >= 15 is 0 Å². The Morgan fingerprint density at radius 3 is 2.89 bits per heavy atom. The molecule has 2 rings (SSSR count). The quantitative estimate of drug-likeness (QED) is 0.816. The van der Waals surface area contributed by atoms with Gasteiger partial charge in [0.25, 0.3) is 0 Å². The van der Waals surface area contributed by atoms with Crippen molar-refractivity contribution in [3.63, 3.8) is 0 Å². The summed E-state index contributed by atoms with van der Waals surface area (Å²) in [6, 6.07) is 11.5. The van der Waals surface area contributed by atoms with E-state index in [1.807, 2.05) is 36.4 Å². The Bertz CT molecular complexity index is 543. The van der Waals surface area contributed by atoms with Gasteiger partial charge in [-0.05, 0) is 12.1 Å². The first kappa shape index (κ1) is 12.0. The largest absolute Gasteiger partial charge is 0.492 e. The summed E-state index contributed by atoms with van der Waals surface area (Å²) in [7, 11) is 0. The van der Waals surface area contributed by atoms with Gasteiger partial charge in [-0.3, -0.25) is 0 Å². The highest BCUT2D eigenvalue weighted by atomic mass is 16.5. The molecule has 0 radical (unpaired) electrons. The molecule has 0 spiro atoms. The van der Waals surface area contributed by atoms with Crippen molar-refractivity contribution in [2.75, 3.05) is 18.5 Å². The lowest BCUT2D eigenvalue weighted by Crippen LogP contribution is -2.11. The van der Waals surface area contributed by atoms with Gasteiger partial charge in [0.15, 0.2) is 5.89 Å². The van der Waals surface area contributed by atoms with Crippen LogP contribution in [0.3, 0.4) is 0 Å². The number of benzene rings is 1. The molecular formula is C13H13N3O2. The minimum absolute atomic E-state index is 0.271. The number of anilines is 1. The molecule has 0 unspecified atom stereocenters. The number of hydrogen-bond donors (Lipinski definition) is 1. The van der Waals surface area contributed by atoms with E-state index in [4.69, 9.17) is 14.4 Å². The van der Waals surface area contributed by atoms with Crippen LogP contribution in [0.1, 0.15) is 11.6 Å². The van der Waals surface area contributed by atoms with Crippen molar-refractivity contribution in [2.24, 2.45) is 0 Å². The maximum atomic E-state index is 8.82. The summed E-state index contributed by atoms with van der Waals surface area (Å²) in [4.78, 5) is 3.93. The molecule has 0 saturated heterocycles. The van der Waals surface area contributed by atoms with Crippen molar-refractivity contribution in [1.29, 1.82) is 5.26 Å². The first-order valence-electron chi connectivity index (χ1n) is 5.59. The third kappa shape index (κ3) is 3.01. The third-order valence-corrected chi connectivity index (χ3v) is 2.24. The third-order valence-electron chi connectivity index (χ3n) is 2.24. The van der Waals surface area contributed by atoms with E-state index in [-0.39, 0.29) is 5.69 Å². The lowest BCUT2D eigenvalue weighted by atomic mass is 10.3. The minimum Gasteiger partial charge on any atom is -0.492 e. The van der Waals surface area contributed by atoms with Crippen LogP contribution >= 0.6 is 0 Å². The summed E-state index contributed by atoms with van der Waals surface area (Å²) in [5, 5.41) is 11.8. The van der Waals surface area contributed by atoms with Crippen LogP contribution in [0.2, 0.25) is 0 Å². The number of nitrogens with one attached hydrogen (secondary N) is 1. The molecule has 0 aliphatic rings. The highest BCUT2D eigenvalue weighted by molar-refractivity contribution is 5.45. The second kappa shape index (κ2) is 5.73. The van der Waals surface area contributed by atoms with Crippen LogP contribution in [0.15, 0.2) is 34.7 Å². The molecule has 0 amide bonds. The lowest BCUT2D eigenvalue weighted by molar-refractivity contribution is 0.331. The van der Waals surface area contributed by atoms with E-state index < -0.39 is 0 Å². The minimum atomic E-state index is 0.271. The average Bonchev–Trinajstić information content (AvgIpc) is 2.76. The molecule has 1 aromatic heterocycles. The Balaban J connectivity index is 1.80. The summed E-state index contributed by atoms with van der Waals surface area (Å²) in [5.74, 6) is 1.68. The van der Waals surface area contributed by atoms with Gasteiger partial charge in [0.05, 0.1) is 6.54 Å². The number of para-hydroxylation sites is 1. The van der Waals surface area contributed by atoms with Crippen LogP contribution in [0.5, 0.6) is 5.75 Å². The molecule has 0 bridgehead atoms. The summed E-state index contributed by atoms with van der Waals surface area (Å²) in [5.41, 5.74) is 0.271. The maximum Gasteiger partial charge on any atom is 0.232 e. The zero-order valence-corrected chi connectivity index (χ0v) is 10.0. The predicted octanol–water partition coefficient (Wildman–Crippen LogP) is 2.35. The molecular weight excluding hydrogens is 230 g/mol. The number of hydrogen-bond acceptors (Lipinski definition) is 5. The molecule has 2 aromatic rings. The zero-order chi connectivity index (χ0) is 12.8. The molecule has 92 valence electrons. The van der Waals surface area contributed by atoms with E-state index in [0.717, 1.165) is 5.75 Å². The van der Waals surface area contributed by atoms with Gasteiger partial charge < -0.3 is 14.5 Å². The van der Waals surface area contributed by atoms with Gasteiger partial charge in [-0.15, -0.1) is 0 Å². The maximum absolute atomic E-state index is 8.82. The standard InChI is InChI=1S/C13H13N3O2/c1-10-16-12(9-14)13(18-10)15-7-8-17-11-5-3-2-4-6-11/h2-6,15H,7-8H2,1H3. The Hall–Kier alpha value is -2.48. The Labute approximate surface area is 105 Å². The van der Waals surface area contributed by atoms with Crippen LogP contribution in [0, 0.1) is 18.3 Å². The highest BCUT2D eigenvalue weighted by Gasteiger charge is 2.09. The monoisotopic (exact) mass is 243 g/mol. The SMILES string of the molecule is Cc1nc(C#N)c(NCCOc2ccccc2)o1. The molecule has 5 heteroatoms. The molecule has 1 heterocycles. The fraction of sp³-hybridized carbons (Fsp3) is 0.231. The van der Waals surface area contributed by atoms with Crippen molar-refractivity contribution < 1.29 is 9.15 Å². The van der Waals surface area contributed by atoms with Gasteiger partial charge in [-0.1, -0.05) is 18.2 Å². The van der Waals surface area contributed by atoms with Gasteiger partial charge >= 0.3 is 0 Å². The molecule has 1 aromatic carbocycles. The van der Waals surface area contributed by atoms with Crippen LogP contribution < -0.4 is 10.1 Å². The normalized spacial score (nSPS) is 9.78. The molecule has 0 aliphatic heterocycles. The Kier molecular flexibility index (Phi) is 3.82. The van der Waals surface area contributed by atoms with Crippen molar-refractivity contribution in [3.05, 3.63) is 41.9 Å². The number of rotatable bonds is 5. The van der Waals surface area contributed by atoms with E-state index in [2.05, 4.69) is 10.3 Å². The van der Waals surface area contributed by atoms with Crippen LogP contribution in [0.25, 0.3) is 0 Å². The highest BCUT2D eigenvalue weighted by Crippen LogP contribution is 2.15. The van der Waals surface area contributed by atoms with Crippen molar-refractivity contribution in [3.8, 4) is 11.8 Å². The second-order valence-corrected chi connectivity index (χ2v) is 3.61. The van der Waals surface area contributed by atoms with Crippen molar-refractivity contribution in [2.45, 2.75) is 6.92 Å². The summed E-state index contributed by atoms with van der Waals surface area (Å²) in [6.45, 7) is 2.72. The molecule has 0 atom stereocenters. The van der Waals surface area contributed by atoms with E-state index in [0.29, 0.717) is 24.9 Å². The van der Waals surface area contributed by atoms with Crippen molar-refractivity contribution >= 4 is 5.88 Å². The topological polar surface area (TPSA) is 71.1 Å². The number of nitriles is 1. The molecule has 18 heavy (non-hydrogen) atoms. The molecule has 0 fully saturated rings. The second-order valence-electron chi connectivity index (χ2n) is 3.61. The lowest BCUT2D eigenvalue weighted by Gasteiger charge is -2.06. The van der Waals surface area contributed by atoms with Gasteiger partial charge in [0.2, 0.25) is 11.6 Å². The number of nitrogens with zero attached hydrogens (tertiary/aromatic N) is 2. The first-order valence-corrected chi connectivity index (χ1v) is 5.59.